The second-order valence-corrected chi connectivity index (χ2v) is 5.39. The van der Waals surface area contributed by atoms with Crippen molar-refractivity contribution in [1.29, 1.82) is 0 Å². The molecule has 1 heterocycles. The van der Waals surface area contributed by atoms with Crippen LogP contribution < -0.4 is 11.3 Å². The minimum atomic E-state index is 0.622. The number of rotatable bonds is 5. The lowest BCUT2D eigenvalue weighted by Crippen LogP contribution is -2.09. The van der Waals surface area contributed by atoms with E-state index in [1.165, 1.54) is 12.7 Å². The first kappa shape index (κ1) is 12.7. The summed E-state index contributed by atoms with van der Waals surface area (Å²) in [5, 5.41) is 0.929. The number of nitrogen functional groups attached to an aromatic ring is 1. The predicted molar refractivity (Wildman–Crippen MR) is 67.7 cm³/mol. The smallest absolute Gasteiger partial charge is 0.158 e. The first-order valence-electron chi connectivity index (χ1n) is 4.75. The number of halogens is 1. The van der Waals surface area contributed by atoms with E-state index in [9.17, 15) is 0 Å². The van der Waals surface area contributed by atoms with E-state index in [4.69, 9.17) is 5.84 Å². The van der Waals surface area contributed by atoms with Crippen molar-refractivity contribution >= 4 is 33.5 Å². The lowest BCUT2D eigenvalue weighted by atomic mass is 10.2. The Labute approximate surface area is 103 Å². The van der Waals surface area contributed by atoms with Gasteiger partial charge in [0.1, 0.15) is 11.4 Å². The monoisotopic (exact) mass is 290 g/mol. The molecule has 3 N–H and O–H groups in total. The Morgan fingerprint density at radius 2 is 2.27 bits per heavy atom. The molecule has 0 aromatic carbocycles. The molecule has 0 unspecified atom stereocenters. The molecule has 0 spiro atoms. The predicted octanol–water partition coefficient (Wildman–Crippen LogP) is 2.66. The van der Waals surface area contributed by atoms with Crippen LogP contribution >= 0.6 is 27.7 Å². The number of hydrazine groups is 1. The van der Waals surface area contributed by atoms with E-state index in [2.05, 4.69) is 45.2 Å². The second kappa shape index (κ2) is 6.30. The lowest BCUT2D eigenvalue weighted by molar-refractivity contribution is 0.632. The Hall–Kier alpha value is -0.330. The Morgan fingerprint density at radius 3 is 2.87 bits per heavy atom. The molecule has 84 valence electrons. The number of hydrogen-bond acceptors (Lipinski definition) is 5. The molecule has 1 rings (SSSR count). The molecule has 0 amide bonds. The summed E-state index contributed by atoms with van der Waals surface area (Å²) in [4.78, 5) is 8.19. The molecule has 4 nitrogen and oxygen atoms in total. The zero-order chi connectivity index (χ0) is 11.3. The van der Waals surface area contributed by atoms with Crippen LogP contribution in [0.5, 0.6) is 0 Å². The molecular weight excluding hydrogens is 276 g/mol. The third-order valence-electron chi connectivity index (χ3n) is 1.83. The van der Waals surface area contributed by atoms with Crippen LogP contribution in [0.1, 0.15) is 20.3 Å². The van der Waals surface area contributed by atoms with E-state index < -0.39 is 0 Å². The molecule has 6 heteroatoms. The first-order chi connectivity index (χ1) is 7.15. The van der Waals surface area contributed by atoms with Crippen molar-refractivity contribution in [2.45, 2.75) is 25.3 Å². The van der Waals surface area contributed by atoms with Crippen LogP contribution in [0, 0.1) is 5.92 Å². The van der Waals surface area contributed by atoms with Crippen LogP contribution in [0.15, 0.2) is 15.8 Å². The number of anilines is 1. The van der Waals surface area contributed by atoms with Crippen LogP contribution in [-0.4, -0.2) is 15.7 Å². The van der Waals surface area contributed by atoms with Gasteiger partial charge in [-0.2, -0.15) is 0 Å². The third kappa shape index (κ3) is 3.96. The molecule has 1 aromatic heterocycles. The molecule has 0 aliphatic heterocycles. The van der Waals surface area contributed by atoms with Gasteiger partial charge in [0.05, 0.1) is 4.47 Å². The van der Waals surface area contributed by atoms with Gasteiger partial charge in [0.15, 0.2) is 5.82 Å². The van der Waals surface area contributed by atoms with Gasteiger partial charge >= 0.3 is 0 Å². The van der Waals surface area contributed by atoms with Gasteiger partial charge in [-0.1, -0.05) is 13.8 Å². The standard InChI is InChI=1S/C9H15BrN4S/c1-6(2)3-4-15-9-7(10)8(14-11)12-5-13-9/h5-6H,3-4,11H2,1-2H3,(H,12,13,14). The number of hydrogen-bond donors (Lipinski definition) is 2. The van der Waals surface area contributed by atoms with Crippen LogP contribution in [0.3, 0.4) is 0 Å². The zero-order valence-corrected chi connectivity index (χ0v) is 11.2. The minimum absolute atomic E-state index is 0.622. The summed E-state index contributed by atoms with van der Waals surface area (Å²) in [5.74, 6) is 7.71. The number of thioether (sulfide) groups is 1. The van der Waals surface area contributed by atoms with Crippen molar-refractivity contribution < 1.29 is 0 Å². The quantitative estimate of drug-likeness (QED) is 0.378. The van der Waals surface area contributed by atoms with Crippen molar-refractivity contribution in [3.63, 3.8) is 0 Å². The average molecular weight is 291 g/mol. The summed E-state index contributed by atoms with van der Waals surface area (Å²) in [6, 6.07) is 0. The summed E-state index contributed by atoms with van der Waals surface area (Å²) in [6.45, 7) is 4.42. The number of nitrogens with one attached hydrogen (secondary N) is 1. The molecule has 1 aromatic rings. The van der Waals surface area contributed by atoms with Gasteiger partial charge in [0.2, 0.25) is 0 Å². The Morgan fingerprint density at radius 1 is 1.53 bits per heavy atom. The molecule has 0 saturated heterocycles. The molecule has 0 radical (unpaired) electrons. The lowest BCUT2D eigenvalue weighted by Gasteiger charge is -2.07. The summed E-state index contributed by atoms with van der Waals surface area (Å²) in [5.41, 5.74) is 2.52. The summed E-state index contributed by atoms with van der Waals surface area (Å²) in [6.07, 6.45) is 2.68. The SMILES string of the molecule is CC(C)CCSc1ncnc(NN)c1Br. The summed E-state index contributed by atoms with van der Waals surface area (Å²) in [7, 11) is 0. The van der Waals surface area contributed by atoms with Crippen molar-refractivity contribution in [3.05, 3.63) is 10.8 Å². The van der Waals surface area contributed by atoms with Gasteiger partial charge in [0, 0.05) is 0 Å². The van der Waals surface area contributed by atoms with Gasteiger partial charge in [-0.15, -0.1) is 11.8 Å². The molecule has 0 saturated carbocycles. The van der Waals surface area contributed by atoms with Gasteiger partial charge in [0.25, 0.3) is 0 Å². The molecule has 0 bridgehead atoms. The van der Waals surface area contributed by atoms with Gasteiger partial charge in [-0.25, -0.2) is 15.8 Å². The normalized spacial score (nSPS) is 10.7. The van der Waals surface area contributed by atoms with Crippen molar-refractivity contribution in [3.8, 4) is 0 Å². The van der Waals surface area contributed by atoms with E-state index in [1.807, 2.05) is 0 Å². The van der Waals surface area contributed by atoms with Crippen LogP contribution in [0.25, 0.3) is 0 Å². The van der Waals surface area contributed by atoms with Crippen LogP contribution in [0.2, 0.25) is 0 Å². The highest BCUT2D eigenvalue weighted by molar-refractivity contribution is 9.10. The van der Waals surface area contributed by atoms with E-state index >= 15 is 0 Å². The van der Waals surface area contributed by atoms with Crippen LogP contribution in [-0.2, 0) is 0 Å². The van der Waals surface area contributed by atoms with Crippen molar-refractivity contribution in [2.75, 3.05) is 11.2 Å². The maximum absolute atomic E-state index is 5.32. The van der Waals surface area contributed by atoms with E-state index in [0.717, 1.165) is 15.3 Å². The highest BCUT2D eigenvalue weighted by Crippen LogP contribution is 2.30. The van der Waals surface area contributed by atoms with Crippen molar-refractivity contribution in [1.82, 2.24) is 9.97 Å². The second-order valence-electron chi connectivity index (χ2n) is 3.52. The highest BCUT2D eigenvalue weighted by atomic mass is 79.9. The molecule has 0 aliphatic carbocycles. The summed E-state index contributed by atoms with van der Waals surface area (Å²) < 4.78 is 0.834. The maximum Gasteiger partial charge on any atom is 0.158 e. The van der Waals surface area contributed by atoms with Gasteiger partial charge in [-0.3, -0.25) is 0 Å². The van der Waals surface area contributed by atoms with E-state index in [0.29, 0.717) is 11.7 Å². The largest absolute Gasteiger partial charge is 0.307 e. The fourth-order valence-electron chi connectivity index (χ4n) is 0.946. The first-order valence-corrected chi connectivity index (χ1v) is 6.53. The molecule has 0 atom stereocenters. The van der Waals surface area contributed by atoms with Gasteiger partial charge < -0.3 is 5.43 Å². The fourth-order valence-corrected chi connectivity index (χ4v) is 2.74. The minimum Gasteiger partial charge on any atom is -0.307 e. The molecule has 0 fully saturated rings. The molecular formula is C9H15BrN4S. The van der Waals surface area contributed by atoms with E-state index in [-0.39, 0.29) is 0 Å². The topological polar surface area (TPSA) is 63.8 Å². The summed E-state index contributed by atoms with van der Waals surface area (Å²) >= 11 is 5.13. The van der Waals surface area contributed by atoms with Crippen molar-refractivity contribution in [2.24, 2.45) is 11.8 Å². The Balaban J connectivity index is 2.61. The third-order valence-corrected chi connectivity index (χ3v) is 3.86. The molecule has 0 aliphatic rings. The van der Waals surface area contributed by atoms with Gasteiger partial charge in [-0.05, 0) is 34.0 Å². The maximum atomic E-state index is 5.32. The number of nitrogens with two attached hydrogens (primary N) is 1. The fraction of sp³-hybridized carbons (Fsp3) is 0.556. The molecule has 15 heavy (non-hydrogen) atoms. The number of aromatic nitrogens is 2. The number of nitrogens with zero attached hydrogens (tertiary/aromatic N) is 2. The van der Waals surface area contributed by atoms with E-state index in [1.54, 1.807) is 11.8 Å². The average Bonchev–Trinajstić information content (AvgIpc) is 2.20. The van der Waals surface area contributed by atoms with Crippen LogP contribution in [0.4, 0.5) is 5.82 Å². The zero-order valence-electron chi connectivity index (χ0n) is 8.83. The Bertz CT molecular complexity index is 319. The Kier molecular flexibility index (Phi) is 5.35. The highest BCUT2D eigenvalue weighted by Gasteiger charge is 2.08.